The second-order valence-electron chi connectivity index (χ2n) is 4.71. The van der Waals surface area contributed by atoms with Crippen molar-refractivity contribution in [1.82, 2.24) is 9.97 Å². The van der Waals surface area contributed by atoms with E-state index in [-0.39, 0.29) is 10.6 Å². The van der Waals surface area contributed by atoms with E-state index in [1.807, 2.05) is 19.9 Å². The van der Waals surface area contributed by atoms with Gasteiger partial charge in [0.2, 0.25) is 0 Å². The largest absolute Gasteiger partial charge is 0.363 e. The minimum Gasteiger partial charge on any atom is -0.363 e. The van der Waals surface area contributed by atoms with Crippen molar-refractivity contribution < 1.29 is 4.92 Å². The molecule has 1 aromatic heterocycles. The highest BCUT2D eigenvalue weighted by Crippen LogP contribution is 2.23. The number of nitro benzene ring substituents is 1. The van der Waals surface area contributed by atoms with E-state index in [0.29, 0.717) is 23.1 Å². The Morgan fingerprint density at radius 2 is 1.90 bits per heavy atom. The molecule has 0 radical (unpaired) electrons. The average molecular weight is 307 g/mol. The topological polar surface area (TPSA) is 81.0 Å². The summed E-state index contributed by atoms with van der Waals surface area (Å²) >= 11 is 6.04. The quantitative estimate of drug-likeness (QED) is 0.689. The van der Waals surface area contributed by atoms with Crippen LogP contribution in [0, 0.1) is 30.9 Å². The van der Waals surface area contributed by atoms with Crippen LogP contribution in [0.3, 0.4) is 0 Å². The van der Waals surface area contributed by atoms with Crippen LogP contribution in [0.1, 0.15) is 22.5 Å². The van der Waals surface area contributed by atoms with E-state index in [2.05, 4.69) is 15.3 Å². The number of nitrogens with zero attached hydrogens (tertiary/aromatic N) is 3. The Kier molecular flexibility index (Phi) is 4.37. The lowest BCUT2D eigenvalue weighted by Crippen LogP contribution is -2.07. The Balaban J connectivity index is 2.23. The lowest BCUT2D eigenvalue weighted by molar-refractivity contribution is -0.385. The van der Waals surface area contributed by atoms with Gasteiger partial charge in [-0.2, -0.15) is 0 Å². The predicted octanol–water partition coefficient (Wildman–Crippen LogP) is 3.58. The Morgan fingerprint density at radius 3 is 2.57 bits per heavy atom. The molecule has 0 unspecified atom stereocenters. The molecule has 0 atom stereocenters. The van der Waals surface area contributed by atoms with Gasteiger partial charge < -0.3 is 5.32 Å². The zero-order chi connectivity index (χ0) is 15.6. The molecule has 0 saturated heterocycles. The molecular weight excluding hydrogens is 292 g/mol. The van der Waals surface area contributed by atoms with Crippen LogP contribution in [0.2, 0.25) is 5.15 Å². The summed E-state index contributed by atoms with van der Waals surface area (Å²) in [5.41, 5.74) is 3.12. The zero-order valence-electron chi connectivity index (χ0n) is 12.0. The molecule has 1 N–H and O–H groups in total. The van der Waals surface area contributed by atoms with Crippen molar-refractivity contribution in [3.8, 4) is 0 Å². The number of hydrogen-bond donors (Lipinski definition) is 1. The fourth-order valence-electron chi connectivity index (χ4n) is 1.93. The van der Waals surface area contributed by atoms with Gasteiger partial charge in [0.05, 0.1) is 16.3 Å². The molecule has 2 aromatic rings. The second kappa shape index (κ2) is 6.05. The summed E-state index contributed by atoms with van der Waals surface area (Å²) in [7, 11) is 0. The van der Waals surface area contributed by atoms with E-state index in [1.165, 1.54) is 6.07 Å². The molecule has 0 bridgehead atoms. The summed E-state index contributed by atoms with van der Waals surface area (Å²) < 4.78 is 0. The molecule has 110 valence electrons. The second-order valence-corrected chi connectivity index (χ2v) is 5.06. The van der Waals surface area contributed by atoms with Crippen LogP contribution in [0.5, 0.6) is 0 Å². The molecule has 1 aromatic carbocycles. The first-order chi connectivity index (χ1) is 9.90. The van der Waals surface area contributed by atoms with Crippen molar-refractivity contribution >= 4 is 23.1 Å². The molecule has 1 heterocycles. The third-order valence-corrected chi connectivity index (χ3v) is 3.59. The van der Waals surface area contributed by atoms with Crippen LogP contribution < -0.4 is 5.32 Å². The Bertz CT molecular complexity index is 704. The highest BCUT2D eigenvalue weighted by molar-refractivity contribution is 6.31. The Morgan fingerprint density at radius 1 is 1.24 bits per heavy atom. The number of benzene rings is 1. The van der Waals surface area contributed by atoms with Crippen LogP contribution in [-0.2, 0) is 6.54 Å². The smallest absolute Gasteiger partial charge is 0.272 e. The number of anilines is 1. The van der Waals surface area contributed by atoms with Gasteiger partial charge in [-0.15, -0.1) is 0 Å². The number of aryl methyl sites for hydroxylation is 2. The zero-order valence-corrected chi connectivity index (χ0v) is 12.7. The van der Waals surface area contributed by atoms with Gasteiger partial charge >= 0.3 is 0 Å². The summed E-state index contributed by atoms with van der Waals surface area (Å²) in [6, 6.07) is 4.98. The summed E-state index contributed by atoms with van der Waals surface area (Å²) in [6.07, 6.45) is 0. The number of halogens is 1. The fraction of sp³-hybridized carbons (Fsp3) is 0.286. The number of rotatable bonds is 4. The number of nitrogens with one attached hydrogen (secondary N) is 1. The van der Waals surface area contributed by atoms with Crippen molar-refractivity contribution in [2.75, 3.05) is 5.32 Å². The van der Waals surface area contributed by atoms with E-state index in [9.17, 15) is 10.1 Å². The minimum absolute atomic E-state index is 0.103. The van der Waals surface area contributed by atoms with Crippen LogP contribution in [0.15, 0.2) is 18.2 Å². The highest BCUT2D eigenvalue weighted by Gasteiger charge is 2.14. The van der Waals surface area contributed by atoms with E-state index in [1.54, 1.807) is 13.0 Å². The number of nitro groups is 1. The van der Waals surface area contributed by atoms with E-state index < -0.39 is 0 Å². The minimum atomic E-state index is -0.387. The lowest BCUT2D eigenvalue weighted by Gasteiger charge is -2.11. The molecule has 2 rings (SSSR count). The van der Waals surface area contributed by atoms with Crippen molar-refractivity contribution in [2.24, 2.45) is 0 Å². The van der Waals surface area contributed by atoms with Gasteiger partial charge in [0, 0.05) is 18.2 Å². The van der Waals surface area contributed by atoms with Crippen molar-refractivity contribution in [3.05, 3.63) is 56.0 Å². The van der Waals surface area contributed by atoms with Crippen LogP contribution in [-0.4, -0.2) is 14.9 Å². The maximum Gasteiger partial charge on any atom is 0.272 e. The molecule has 0 fully saturated rings. The number of hydrogen-bond acceptors (Lipinski definition) is 5. The summed E-state index contributed by atoms with van der Waals surface area (Å²) in [5.74, 6) is 0.477. The van der Waals surface area contributed by atoms with Crippen molar-refractivity contribution in [3.63, 3.8) is 0 Å². The van der Waals surface area contributed by atoms with Gasteiger partial charge in [0.1, 0.15) is 0 Å². The monoisotopic (exact) mass is 306 g/mol. The predicted molar refractivity (Wildman–Crippen MR) is 81.7 cm³/mol. The molecule has 0 aliphatic rings. The summed E-state index contributed by atoms with van der Waals surface area (Å²) in [6.45, 7) is 5.80. The average Bonchev–Trinajstić information content (AvgIpc) is 2.42. The van der Waals surface area contributed by atoms with Gasteiger partial charge in [-0.05, 0) is 26.3 Å². The lowest BCUT2D eigenvalue weighted by atomic mass is 10.1. The van der Waals surface area contributed by atoms with Crippen molar-refractivity contribution in [1.29, 1.82) is 0 Å². The molecule has 21 heavy (non-hydrogen) atoms. The maximum absolute atomic E-state index is 10.9. The SMILES string of the molecule is Cc1nc(Cl)c(NCc2cccc([N+](=O)[O-])c2C)nc1C. The summed E-state index contributed by atoms with van der Waals surface area (Å²) in [5, 5.41) is 14.3. The molecule has 7 heteroatoms. The van der Waals surface area contributed by atoms with Gasteiger partial charge in [-0.1, -0.05) is 23.7 Å². The van der Waals surface area contributed by atoms with Crippen molar-refractivity contribution in [2.45, 2.75) is 27.3 Å². The molecule has 0 aliphatic heterocycles. The van der Waals surface area contributed by atoms with Gasteiger partial charge in [-0.3, -0.25) is 10.1 Å². The maximum atomic E-state index is 10.9. The highest BCUT2D eigenvalue weighted by atomic mass is 35.5. The number of aromatic nitrogens is 2. The molecule has 0 spiro atoms. The van der Waals surface area contributed by atoms with Gasteiger partial charge in [0.15, 0.2) is 11.0 Å². The normalized spacial score (nSPS) is 10.5. The van der Waals surface area contributed by atoms with Crippen LogP contribution in [0.4, 0.5) is 11.5 Å². The Hall–Kier alpha value is -2.21. The van der Waals surface area contributed by atoms with E-state index >= 15 is 0 Å². The molecular formula is C14H15ClN4O2. The van der Waals surface area contributed by atoms with Crippen LogP contribution in [0.25, 0.3) is 0 Å². The molecule has 0 amide bonds. The standard InChI is InChI=1S/C14H15ClN4O2/c1-8-11(5-4-6-12(8)19(20)21)7-16-14-13(15)17-9(2)10(3)18-14/h4-6H,7H2,1-3H3,(H,16,18). The molecule has 0 saturated carbocycles. The fourth-order valence-corrected chi connectivity index (χ4v) is 2.16. The van der Waals surface area contributed by atoms with Gasteiger partial charge in [0.25, 0.3) is 5.69 Å². The van der Waals surface area contributed by atoms with Crippen LogP contribution >= 0.6 is 11.6 Å². The first-order valence-electron chi connectivity index (χ1n) is 6.37. The first kappa shape index (κ1) is 15.2. The first-order valence-corrected chi connectivity index (χ1v) is 6.75. The van der Waals surface area contributed by atoms with Gasteiger partial charge in [-0.25, -0.2) is 9.97 Å². The molecule has 6 nitrogen and oxygen atoms in total. The Labute approximate surface area is 127 Å². The molecule has 0 aliphatic carbocycles. The summed E-state index contributed by atoms with van der Waals surface area (Å²) in [4.78, 5) is 19.1. The van der Waals surface area contributed by atoms with E-state index in [0.717, 1.165) is 17.0 Å². The third-order valence-electron chi connectivity index (χ3n) is 3.32. The third kappa shape index (κ3) is 3.28. The van der Waals surface area contributed by atoms with E-state index in [4.69, 9.17) is 11.6 Å².